The monoisotopic (exact) mass is 278 g/mol. The number of ether oxygens (including phenoxy) is 1. The SMILES string of the molecule is COc1ccc(CN(C)C(C)CCNC(C)(C)C)cc1. The Labute approximate surface area is 124 Å². The summed E-state index contributed by atoms with van der Waals surface area (Å²) in [6, 6.07) is 8.88. The average Bonchev–Trinajstić information content (AvgIpc) is 2.38. The lowest BCUT2D eigenvalue weighted by molar-refractivity contribution is 0.231. The fraction of sp³-hybridized carbons (Fsp3) is 0.647. The third kappa shape index (κ3) is 6.40. The summed E-state index contributed by atoms with van der Waals surface area (Å²) in [6.07, 6.45) is 1.16. The Morgan fingerprint density at radius 2 is 1.80 bits per heavy atom. The van der Waals surface area contributed by atoms with Crippen LogP contribution in [-0.2, 0) is 6.54 Å². The van der Waals surface area contributed by atoms with E-state index in [1.165, 1.54) is 5.56 Å². The summed E-state index contributed by atoms with van der Waals surface area (Å²) in [4.78, 5) is 2.39. The summed E-state index contributed by atoms with van der Waals surface area (Å²) in [7, 11) is 3.89. The van der Waals surface area contributed by atoms with Gasteiger partial charge in [0, 0.05) is 18.1 Å². The predicted octanol–water partition coefficient (Wildman–Crippen LogP) is 3.29. The van der Waals surface area contributed by atoms with Gasteiger partial charge < -0.3 is 10.1 Å². The highest BCUT2D eigenvalue weighted by Crippen LogP contribution is 2.14. The molecule has 1 atom stereocenters. The molecule has 20 heavy (non-hydrogen) atoms. The van der Waals surface area contributed by atoms with Gasteiger partial charge >= 0.3 is 0 Å². The molecule has 0 heterocycles. The Balaban J connectivity index is 2.38. The van der Waals surface area contributed by atoms with Crippen molar-refractivity contribution in [1.82, 2.24) is 10.2 Å². The van der Waals surface area contributed by atoms with E-state index in [9.17, 15) is 0 Å². The van der Waals surface area contributed by atoms with E-state index in [2.05, 4.69) is 57.1 Å². The van der Waals surface area contributed by atoms with E-state index in [0.717, 1.165) is 25.3 Å². The minimum absolute atomic E-state index is 0.203. The molecule has 0 aliphatic carbocycles. The van der Waals surface area contributed by atoms with Crippen LogP contribution in [-0.4, -0.2) is 37.2 Å². The van der Waals surface area contributed by atoms with Crippen LogP contribution < -0.4 is 10.1 Å². The molecule has 0 radical (unpaired) electrons. The van der Waals surface area contributed by atoms with Crippen LogP contribution in [0.4, 0.5) is 0 Å². The van der Waals surface area contributed by atoms with E-state index in [-0.39, 0.29) is 5.54 Å². The summed E-state index contributed by atoms with van der Waals surface area (Å²) >= 11 is 0. The maximum atomic E-state index is 5.18. The highest BCUT2D eigenvalue weighted by molar-refractivity contribution is 5.27. The summed E-state index contributed by atoms with van der Waals surface area (Å²) in [5, 5.41) is 3.54. The van der Waals surface area contributed by atoms with Crippen LogP contribution in [0.25, 0.3) is 0 Å². The quantitative estimate of drug-likeness (QED) is 0.828. The maximum Gasteiger partial charge on any atom is 0.118 e. The smallest absolute Gasteiger partial charge is 0.118 e. The van der Waals surface area contributed by atoms with Gasteiger partial charge in [0.1, 0.15) is 5.75 Å². The maximum absolute atomic E-state index is 5.18. The van der Waals surface area contributed by atoms with Gasteiger partial charge in [0.05, 0.1) is 7.11 Å². The molecule has 1 unspecified atom stereocenters. The molecule has 0 spiro atoms. The lowest BCUT2D eigenvalue weighted by Gasteiger charge is -2.27. The van der Waals surface area contributed by atoms with Crippen LogP contribution in [0.2, 0.25) is 0 Å². The second-order valence-corrected chi connectivity index (χ2v) is 6.58. The number of nitrogens with zero attached hydrogens (tertiary/aromatic N) is 1. The van der Waals surface area contributed by atoms with E-state index >= 15 is 0 Å². The fourth-order valence-corrected chi connectivity index (χ4v) is 2.05. The first kappa shape index (κ1) is 17.0. The Hall–Kier alpha value is -1.06. The van der Waals surface area contributed by atoms with Crippen molar-refractivity contribution >= 4 is 0 Å². The van der Waals surface area contributed by atoms with Crippen molar-refractivity contribution in [3.8, 4) is 5.75 Å². The third-order valence-corrected chi connectivity index (χ3v) is 3.56. The minimum Gasteiger partial charge on any atom is -0.497 e. The number of methoxy groups -OCH3 is 1. The molecule has 0 saturated carbocycles. The van der Waals surface area contributed by atoms with Gasteiger partial charge in [-0.15, -0.1) is 0 Å². The van der Waals surface area contributed by atoms with Gasteiger partial charge in [-0.25, -0.2) is 0 Å². The van der Waals surface area contributed by atoms with Gasteiger partial charge in [-0.1, -0.05) is 12.1 Å². The van der Waals surface area contributed by atoms with Gasteiger partial charge in [-0.2, -0.15) is 0 Å². The Bertz CT molecular complexity index is 381. The van der Waals surface area contributed by atoms with Crippen molar-refractivity contribution in [2.45, 2.75) is 52.2 Å². The number of hydrogen-bond donors (Lipinski definition) is 1. The zero-order chi connectivity index (χ0) is 15.2. The van der Waals surface area contributed by atoms with E-state index in [1.807, 2.05) is 12.1 Å². The largest absolute Gasteiger partial charge is 0.497 e. The Kier molecular flexibility index (Phi) is 6.50. The first-order chi connectivity index (χ1) is 9.31. The van der Waals surface area contributed by atoms with Crippen molar-refractivity contribution in [3.63, 3.8) is 0 Å². The molecule has 0 aromatic heterocycles. The molecule has 0 aliphatic rings. The first-order valence-corrected chi connectivity index (χ1v) is 7.40. The van der Waals surface area contributed by atoms with Crippen LogP contribution in [0, 0.1) is 0 Å². The van der Waals surface area contributed by atoms with Gasteiger partial charge in [-0.05, 0) is 65.4 Å². The zero-order valence-corrected chi connectivity index (χ0v) is 13.9. The minimum atomic E-state index is 0.203. The summed E-state index contributed by atoms with van der Waals surface area (Å²) in [6.45, 7) is 10.9. The lowest BCUT2D eigenvalue weighted by Crippen LogP contribution is -2.39. The highest BCUT2D eigenvalue weighted by atomic mass is 16.5. The molecule has 0 bridgehead atoms. The molecule has 0 fully saturated rings. The molecular weight excluding hydrogens is 248 g/mol. The van der Waals surface area contributed by atoms with Crippen LogP contribution in [0.1, 0.15) is 39.7 Å². The second-order valence-electron chi connectivity index (χ2n) is 6.58. The fourth-order valence-electron chi connectivity index (χ4n) is 2.05. The van der Waals surface area contributed by atoms with Crippen LogP contribution in [0.3, 0.4) is 0 Å². The molecule has 1 N–H and O–H groups in total. The molecule has 3 nitrogen and oxygen atoms in total. The molecule has 3 heteroatoms. The van der Waals surface area contributed by atoms with Crippen LogP contribution >= 0.6 is 0 Å². The summed E-state index contributed by atoms with van der Waals surface area (Å²) in [5.41, 5.74) is 1.53. The second kappa shape index (κ2) is 7.65. The van der Waals surface area contributed by atoms with Crippen molar-refractivity contribution < 1.29 is 4.74 Å². The van der Waals surface area contributed by atoms with E-state index < -0.39 is 0 Å². The van der Waals surface area contributed by atoms with Gasteiger partial charge in [0.25, 0.3) is 0 Å². The summed E-state index contributed by atoms with van der Waals surface area (Å²) in [5.74, 6) is 0.916. The normalized spacial score (nSPS) is 13.6. The molecule has 114 valence electrons. The van der Waals surface area contributed by atoms with Crippen LogP contribution in [0.15, 0.2) is 24.3 Å². The van der Waals surface area contributed by atoms with Gasteiger partial charge in [0.2, 0.25) is 0 Å². The molecule has 1 aromatic carbocycles. The molecule has 0 amide bonds. The van der Waals surface area contributed by atoms with E-state index in [4.69, 9.17) is 4.74 Å². The summed E-state index contributed by atoms with van der Waals surface area (Å²) < 4.78 is 5.18. The number of rotatable bonds is 7. The Morgan fingerprint density at radius 1 is 1.20 bits per heavy atom. The molecule has 0 aliphatic heterocycles. The Morgan fingerprint density at radius 3 is 2.30 bits per heavy atom. The number of benzene rings is 1. The zero-order valence-electron chi connectivity index (χ0n) is 13.9. The highest BCUT2D eigenvalue weighted by Gasteiger charge is 2.12. The average molecular weight is 278 g/mol. The molecule has 1 rings (SSSR count). The van der Waals surface area contributed by atoms with Crippen LogP contribution in [0.5, 0.6) is 5.75 Å². The van der Waals surface area contributed by atoms with Crippen molar-refractivity contribution in [2.75, 3.05) is 20.7 Å². The number of nitrogens with one attached hydrogen (secondary N) is 1. The third-order valence-electron chi connectivity index (χ3n) is 3.56. The van der Waals surface area contributed by atoms with E-state index in [0.29, 0.717) is 6.04 Å². The topological polar surface area (TPSA) is 24.5 Å². The van der Waals surface area contributed by atoms with Crippen molar-refractivity contribution in [1.29, 1.82) is 0 Å². The van der Waals surface area contributed by atoms with Gasteiger partial charge in [0.15, 0.2) is 0 Å². The van der Waals surface area contributed by atoms with E-state index in [1.54, 1.807) is 7.11 Å². The first-order valence-electron chi connectivity index (χ1n) is 7.40. The molecule has 0 saturated heterocycles. The van der Waals surface area contributed by atoms with Crippen molar-refractivity contribution in [3.05, 3.63) is 29.8 Å². The standard InChI is InChI=1S/C17H30N2O/c1-14(11-12-18-17(2,3)4)19(5)13-15-7-9-16(20-6)10-8-15/h7-10,14,18H,11-13H2,1-6H3. The lowest BCUT2D eigenvalue weighted by atomic mass is 10.1. The molecular formula is C17H30N2O. The van der Waals surface area contributed by atoms with Crippen molar-refractivity contribution in [2.24, 2.45) is 0 Å². The molecule has 1 aromatic rings. The predicted molar refractivity (Wildman–Crippen MR) is 86.3 cm³/mol. The van der Waals surface area contributed by atoms with Gasteiger partial charge in [-0.3, -0.25) is 4.90 Å². The number of hydrogen-bond acceptors (Lipinski definition) is 3.